The van der Waals surface area contributed by atoms with Gasteiger partial charge in [0.1, 0.15) is 18.2 Å². The molecule has 1 N–H and O–H groups in total. The minimum absolute atomic E-state index is 0.00871. The maximum Gasteiger partial charge on any atom is 0.300 e. The zero-order chi connectivity index (χ0) is 28.3. The maximum absolute atomic E-state index is 13.9. The standard InChI is InChI=1S/C18H25ClFNO3S.C6H4ClF.C2H4O2/c1-5-13(11-25(23)18(2,3)4)21-16(9-24-10-17(21)22)12-6-7-14(19)15(20)8-12;7-5-2-1-3-6(8)4-5;1-2(3)4/h6-8,13,16H,5,9-11H2,1-4H3;1-4H;1H3,(H,3,4). The fraction of sp³-hybridized carbons (Fsp3) is 0.462. The van der Waals surface area contributed by atoms with Gasteiger partial charge in [-0.25, -0.2) is 8.78 Å². The van der Waals surface area contributed by atoms with E-state index in [0.29, 0.717) is 22.8 Å². The Labute approximate surface area is 229 Å². The van der Waals surface area contributed by atoms with E-state index >= 15 is 0 Å². The smallest absolute Gasteiger partial charge is 0.300 e. The van der Waals surface area contributed by atoms with Crippen molar-refractivity contribution in [1.82, 2.24) is 4.90 Å². The maximum atomic E-state index is 13.9. The highest BCUT2D eigenvalue weighted by atomic mass is 35.5. The zero-order valence-electron chi connectivity index (χ0n) is 21.5. The number of ether oxygens (including phenoxy) is 1. The Morgan fingerprint density at radius 2 is 1.84 bits per heavy atom. The first kappa shape index (κ1) is 33.0. The van der Waals surface area contributed by atoms with E-state index < -0.39 is 28.6 Å². The van der Waals surface area contributed by atoms with Crippen molar-refractivity contribution in [3.8, 4) is 0 Å². The number of carbonyl (C=O) groups excluding carboxylic acids is 1. The van der Waals surface area contributed by atoms with E-state index in [0.717, 1.165) is 6.92 Å². The SMILES string of the molecule is CC(=O)O.CCC(CS(=O)C(C)(C)C)N1C(=O)COCC1c1ccc(Cl)c(F)c1.Fc1cccc(Cl)c1. The van der Waals surface area contributed by atoms with Crippen LogP contribution in [0.15, 0.2) is 42.5 Å². The van der Waals surface area contributed by atoms with Crippen LogP contribution in [0.5, 0.6) is 0 Å². The predicted molar refractivity (Wildman–Crippen MR) is 143 cm³/mol. The van der Waals surface area contributed by atoms with Gasteiger partial charge in [-0.2, -0.15) is 0 Å². The van der Waals surface area contributed by atoms with Gasteiger partial charge in [0.05, 0.1) is 17.7 Å². The second-order valence-electron chi connectivity index (χ2n) is 9.15. The number of rotatable bonds is 5. The molecule has 6 nitrogen and oxygen atoms in total. The van der Waals surface area contributed by atoms with Crippen molar-refractivity contribution in [2.75, 3.05) is 19.0 Å². The lowest BCUT2D eigenvalue weighted by Gasteiger charge is -2.41. The van der Waals surface area contributed by atoms with Crippen molar-refractivity contribution in [2.45, 2.75) is 57.9 Å². The summed E-state index contributed by atoms with van der Waals surface area (Å²) in [4.78, 5) is 23.3. The summed E-state index contributed by atoms with van der Waals surface area (Å²) in [6.07, 6.45) is 0.667. The van der Waals surface area contributed by atoms with Gasteiger partial charge in [-0.3, -0.25) is 13.8 Å². The summed E-state index contributed by atoms with van der Waals surface area (Å²) >= 11 is 11.2. The van der Waals surface area contributed by atoms with E-state index in [9.17, 15) is 17.8 Å². The van der Waals surface area contributed by atoms with Crippen LogP contribution in [-0.2, 0) is 25.1 Å². The van der Waals surface area contributed by atoms with Crippen LogP contribution in [-0.4, -0.2) is 55.8 Å². The average Bonchev–Trinajstić information content (AvgIpc) is 2.78. The van der Waals surface area contributed by atoms with Gasteiger partial charge in [0, 0.05) is 39.3 Å². The van der Waals surface area contributed by atoms with Crippen molar-refractivity contribution in [2.24, 2.45) is 0 Å². The van der Waals surface area contributed by atoms with E-state index in [2.05, 4.69) is 0 Å². The minimum Gasteiger partial charge on any atom is -0.481 e. The Hall–Kier alpha value is -2.07. The molecule has 11 heteroatoms. The summed E-state index contributed by atoms with van der Waals surface area (Å²) in [6.45, 7) is 9.08. The van der Waals surface area contributed by atoms with Gasteiger partial charge in [-0.15, -0.1) is 0 Å². The summed E-state index contributed by atoms with van der Waals surface area (Å²) < 4.78 is 43.6. The summed E-state index contributed by atoms with van der Waals surface area (Å²) in [5.74, 6) is -1.43. The molecule has 206 valence electrons. The molecule has 0 saturated carbocycles. The first-order chi connectivity index (χ1) is 17.2. The molecule has 1 aliphatic rings. The molecule has 1 amide bonds. The van der Waals surface area contributed by atoms with E-state index in [-0.39, 0.29) is 40.7 Å². The molecule has 1 heterocycles. The van der Waals surface area contributed by atoms with E-state index in [1.165, 1.54) is 24.3 Å². The predicted octanol–water partition coefficient (Wildman–Crippen LogP) is 6.27. The number of hydrogen-bond donors (Lipinski definition) is 1. The van der Waals surface area contributed by atoms with Crippen LogP contribution in [0.2, 0.25) is 10.0 Å². The zero-order valence-corrected chi connectivity index (χ0v) is 23.8. The summed E-state index contributed by atoms with van der Waals surface area (Å²) in [5.41, 5.74) is 0.634. The first-order valence-corrected chi connectivity index (χ1v) is 13.6. The summed E-state index contributed by atoms with van der Waals surface area (Å²) in [5, 5.41) is 7.89. The molecule has 0 radical (unpaired) electrons. The quantitative estimate of drug-likeness (QED) is 0.451. The molecule has 3 rings (SSSR count). The number of aliphatic carboxylic acids is 1. The van der Waals surface area contributed by atoms with Gasteiger partial charge in [-0.05, 0) is 63.1 Å². The van der Waals surface area contributed by atoms with Gasteiger partial charge in [-0.1, -0.05) is 42.3 Å². The van der Waals surface area contributed by atoms with Crippen LogP contribution >= 0.6 is 23.2 Å². The number of nitrogens with zero attached hydrogens (tertiary/aromatic N) is 1. The van der Waals surface area contributed by atoms with Crippen molar-refractivity contribution in [1.29, 1.82) is 0 Å². The molecule has 1 aliphatic heterocycles. The molecule has 0 aliphatic carbocycles. The molecule has 2 aromatic rings. The number of carboxylic acid groups (broad SMARTS) is 1. The summed E-state index contributed by atoms with van der Waals surface area (Å²) in [6, 6.07) is 9.75. The van der Waals surface area contributed by atoms with Crippen molar-refractivity contribution >= 4 is 45.9 Å². The largest absolute Gasteiger partial charge is 0.481 e. The Kier molecular flexibility index (Phi) is 13.7. The van der Waals surface area contributed by atoms with Crippen molar-refractivity contribution in [3.63, 3.8) is 0 Å². The number of hydrogen-bond acceptors (Lipinski definition) is 4. The first-order valence-electron chi connectivity index (χ1n) is 11.5. The van der Waals surface area contributed by atoms with Crippen molar-refractivity contribution in [3.05, 3.63) is 69.7 Å². The molecule has 0 bridgehead atoms. The third-order valence-electron chi connectivity index (χ3n) is 5.13. The number of benzene rings is 2. The van der Waals surface area contributed by atoms with Gasteiger partial charge in [0.25, 0.3) is 5.97 Å². The Morgan fingerprint density at radius 3 is 2.30 bits per heavy atom. The lowest BCUT2D eigenvalue weighted by molar-refractivity contribution is -0.151. The Balaban J connectivity index is 0.000000469. The van der Waals surface area contributed by atoms with Gasteiger partial charge >= 0.3 is 0 Å². The molecular weight excluding hydrogens is 547 g/mol. The molecule has 0 aromatic heterocycles. The Bertz CT molecular complexity index is 1060. The monoisotopic (exact) mass is 579 g/mol. The van der Waals surface area contributed by atoms with E-state index in [4.69, 9.17) is 37.8 Å². The molecule has 1 fully saturated rings. The number of morpholine rings is 1. The molecule has 3 atom stereocenters. The molecule has 3 unspecified atom stereocenters. The average molecular weight is 581 g/mol. The molecule has 2 aromatic carbocycles. The van der Waals surface area contributed by atoms with Gasteiger partial charge in [0.15, 0.2) is 0 Å². The number of carboxylic acids is 1. The van der Waals surface area contributed by atoms with E-state index in [1.807, 2.05) is 27.7 Å². The minimum atomic E-state index is -1.09. The fourth-order valence-electron chi connectivity index (χ4n) is 3.30. The van der Waals surface area contributed by atoms with E-state index in [1.54, 1.807) is 23.1 Å². The molecule has 0 spiro atoms. The number of carbonyl (C=O) groups is 2. The van der Waals surface area contributed by atoms with Gasteiger partial charge in [0.2, 0.25) is 5.91 Å². The summed E-state index contributed by atoms with van der Waals surface area (Å²) in [7, 11) is -1.09. The van der Waals surface area contributed by atoms with Crippen LogP contribution < -0.4 is 0 Å². The van der Waals surface area contributed by atoms with Crippen LogP contribution in [0.3, 0.4) is 0 Å². The highest BCUT2D eigenvalue weighted by Gasteiger charge is 2.36. The fourth-order valence-corrected chi connectivity index (χ4v) is 4.84. The number of amides is 1. The Morgan fingerprint density at radius 1 is 1.22 bits per heavy atom. The highest BCUT2D eigenvalue weighted by Crippen LogP contribution is 2.31. The topological polar surface area (TPSA) is 83.9 Å². The van der Waals surface area contributed by atoms with Crippen LogP contribution in [0.4, 0.5) is 8.78 Å². The lowest BCUT2D eigenvalue weighted by Crippen LogP contribution is -2.52. The highest BCUT2D eigenvalue weighted by molar-refractivity contribution is 7.86. The third-order valence-corrected chi connectivity index (χ3v) is 7.73. The normalized spacial score (nSPS) is 17.1. The van der Waals surface area contributed by atoms with Gasteiger partial charge < -0.3 is 14.7 Å². The van der Waals surface area contributed by atoms with Crippen molar-refractivity contribution < 1.29 is 32.4 Å². The van der Waals surface area contributed by atoms with Crippen LogP contribution in [0.25, 0.3) is 0 Å². The third kappa shape index (κ3) is 11.5. The molecule has 1 saturated heterocycles. The number of halogens is 4. The molecule has 37 heavy (non-hydrogen) atoms. The second-order valence-corrected chi connectivity index (χ2v) is 12.2. The van der Waals surface area contributed by atoms with Crippen LogP contribution in [0.1, 0.15) is 52.6 Å². The van der Waals surface area contributed by atoms with Crippen LogP contribution in [0, 0.1) is 11.6 Å². The molecular formula is C26H33Cl2F2NO5S. The second kappa shape index (κ2) is 15.4. The lowest BCUT2D eigenvalue weighted by atomic mass is 10.0.